The quantitative estimate of drug-likeness (QED) is 0.0610. The second kappa shape index (κ2) is 20.5. The largest absolute Gasteiger partial charge is 0.462 e. The number of ether oxygens (including phenoxy) is 1. The predicted molar refractivity (Wildman–Crippen MR) is 212 cm³/mol. The lowest BCUT2D eigenvalue weighted by Gasteiger charge is -2.58. The number of hydrogen-bond acceptors (Lipinski definition) is 2. The number of carbonyl (C=O) groups excluding carboxylic acids is 1. The molecule has 0 aromatic carbocycles. The van der Waals surface area contributed by atoms with Gasteiger partial charge >= 0.3 is 5.97 Å². The van der Waals surface area contributed by atoms with Gasteiger partial charge in [0, 0.05) is 12.8 Å². The van der Waals surface area contributed by atoms with E-state index in [4.69, 9.17) is 4.74 Å². The topological polar surface area (TPSA) is 26.3 Å². The summed E-state index contributed by atoms with van der Waals surface area (Å²) < 4.78 is 6.15. The van der Waals surface area contributed by atoms with Gasteiger partial charge in [0.15, 0.2) is 0 Å². The number of unbranched alkanes of at least 4 members (excludes halogenated alkanes) is 14. The molecule has 0 N–H and O–H groups in total. The van der Waals surface area contributed by atoms with Gasteiger partial charge in [0.25, 0.3) is 0 Å². The van der Waals surface area contributed by atoms with Crippen molar-refractivity contribution >= 4 is 5.97 Å². The molecule has 4 aliphatic carbocycles. The Morgan fingerprint density at radius 1 is 0.755 bits per heavy atom. The van der Waals surface area contributed by atoms with Crippen molar-refractivity contribution in [3.63, 3.8) is 0 Å². The highest BCUT2D eigenvalue weighted by atomic mass is 16.5. The van der Waals surface area contributed by atoms with Gasteiger partial charge in [-0.3, -0.25) is 4.79 Å². The number of esters is 1. The van der Waals surface area contributed by atoms with Crippen molar-refractivity contribution in [3.05, 3.63) is 11.6 Å². The van der Waals surface area contributed by atoms with Crippen LogP contribution in [0.2, 0.25) is 0 Å². The van der Waals surface area contributed by atoms with Gasteiger partial charge in [-0.05, 0) is 110 Å². The summed E-state index contributed by atoms with van der Waals surface area (Å²) in [6, 6.07) is 0. The molecule has 0 bridgehead atoms. The second-order valence-corrected chi connectivity index (χ2v) is 19.0. The molecule has 0 amide bonds. The number of hydrogen-bond donors (Lipinski definition) is 0. The molecule has 49 heavy (non-hydrogen) atoms. The molecule has 3 fully saturated rings. The van der Waals surface area contributed by atoms with Crippen LogP contribution in [0.1, 0.15) is 222 Å². The molecule has 284 valence electrons. The monoisotopic (exact) mass is 681 g/mol. The summed E-state index contributed by atoms with van der Waals surface area (Å²) in [5.74, 6) is 6.18. The number of carbonyl (C=O) groups is 1. The fourth-order valence-corrected chi connectivity index (χ4v) is 12.3. The molecular weight excluding hydrogens is 597 g/mol. The Kier molecular flexibility index (Phi) is 17.1. The van der Waals surface area contributed by atoms with E-state index < -0.39 is 0 Å². The molecule has 0 saturated heterocycles. The maximum Gasteiger partial charge on any atom is 0.306 e. The minimum absolute atomic E-state index is 0.0655. The normalized spacial score (nSPS) is 32.2. The van der Waals surface area contributed by atoms with Crippen LogP contribution in [0, 0.1) is 52.3 Å². The lowest BCUT2D eigenvalue weighted by molar-refractivity contribution is -0.151. The summed E-state index contributed by atoms with van der Waals surface area (Å²) in [7, 11) is 0. The molecule has 0 heterocycles. The van der Waals surface area contributed by atoms with E-state index in [9.17, 15) is 4.79 Å². The van der Waals surface area contributed by atoms with Crippen LogP contribution >= 0.6 is 0 Å². The molecule has 9 atom stereocenters. The van der Waals surface area contributed by atoms with E-state index in [1.54, 1.807) is 5.57 Å². The van der Waals surface area contributed by atoms with Crippen molar-refractivity contribution in [3.8, 4) is 0 Å². The molecule has 4 rings (SSSR count). The third kappa shape index (κ3) is 11.1. The molecule has 2 heteroatoms. The average Bonchev–Trinajstić information content (AvgIpc) is 3.44. The molecule has 0 aliphatic heterocycles. The van der Waals surface area contributed by atoms with E-state index in [0.717, 1.165) is 60.7 Å². The van der Waals surface area contributed by atoms with Crippen LogP contribution in [-0.4, -0.2) is 12.1 Å². The lowest BCUT2D eigenvalue weighted by atomic mass is 9.47. The first-order valence-corrected chi connectivity index (χ1v) is 22.5. The zero-order valence-electron chi connectivity index (χ0n) is 34.1. The van der Waals surface area contributed by atoms with Crippen LogP contribution in [0.5, 0.6) is 0 Å². The molecule has 0 aromatic rings. The van der Waals surface area contributed by atoms with Crippen molar-refractivity contribution in [1.29, 1.82) is 0 Å². The Morgan fingerprint density at radius 2 is 1.37 bits per heavy atom. The zero-order chi connectivity index (χ0) is 35.3. The maximum absolute atomic E-state index is 12.9. The van der Waals surface area contributed by atoms with Gasteiger partial charge in [-0.15, -0.1) is 0 Å². The summed E-state index contributed by atoms with van der Waals surface area (Å²) in [4.78, 5) is 12.9. The fourth-order valence-electron chi connectivity index (χ4n) is 12.3. The van der Waals surface area contributed by atoms with Crippen LogP contribution in [0.15, 0.2) is 11.6 Å². The molecule has 0 spiro atoms. The molecule has 0 aromatic heterocycles. The van der Waals surface area contributed by atoms with Gasteiger partial charge in [0.2, 0.25) is 0 Å². The van der Waals surface area contributed by atoms with Gasteiger partial charge in [-0.2, -0.15) is 0 Å². The lowest BCUT2D eigenvalue weighted by Crippen LogP contribution is -2.51. The third-order valence-corrected chi connectivity index (χ3v) is 15.6. The van der Waals surface area contributed by atoms with Gasteiger partial charge < -0.3 is 4.74 Å². The third-order valence-electron chi connectivity index (χ3n) is 15.6. The number of rotatable bonds is 23. The first kappa shape index (κ1) is 41.0. The maximum atomic E-state index is 12.9. The van der Waals surface area contributed by atoms with Crippen LogP contribution in [0.3, 0.4) is 0 Å². The molecule has 8 unspecified atom stereocenters. The van der Waals surface area contributed by atoms with Crippen LogP contribution in [0.4, 0.5) is 0 Å². The first-order valence-electron chi connectivity index (χ1n) is 22.5. The predicted octanol–water partition coefficient (Wildman–Crippen LogP) is 14.8. The Bertz CT molecular complexity index is 981. The molecule has 4 aliphatic rings. The van der Waals surface area contributed by atoms with Crippen molar-refractivity contribution in [2.75, 3.05) is 0 Å². The first-order chi connectivity index (χ1) is 23.6. The minimum atomic E-state index is 0.0655. The Morgan fingerprint density at radius 3 is 1.96 bits per heavy atom. The van der Waals surface area contributed by atoms with Crippen molar-refractivity contribution in [2.24, 2.45) is 52.3 Å². The van der Waals surface area contributed by atoms with E-state index in [1.165, 1.54) is 148 Å². The van der Waals surface area contributed by atoms with E-state index in [1.807, 2.05) is 0 Å². The standard InChI is InChI=1S/C47H84O2/c1-8-10-11-12-13-14-15-16-17-18-19-20-21-22-23-24-45(48)49-40-31-33-46(6)39(35-40)27-28-41-43-30-29-42(47(43,7)34-32-44(41)46)37(5)25-26-38(9-2)36(3)4/h27,36-38,40-44H,8-26,28-35H2,1-7H3/t37?,38-,40?,41?,42?,43?,44?,46?,47?/m1/s1. The van der Waals surface area contributed by atoms with E-state index in [2.05, 4.69) is 54.5 Å². The highest BCUT2D eigenvalue weighted by Crippen LogP contribution is 2.67. The highest BCUT2D eigenvalue weighted by Gasteiger charge is 2.59. The summed E-state index contributed by atoms with van der Waals surface area (Å²) in [6.45, 7) is 17.5. The Labute approximate surface area is 306 Å². The summed E-state index contributed by atoms with van der Waals surface area (Å²) >= 11 is 0. The smallest absolute Gasteiger partial charge is 0.306 e. The van der Waals surface area contributed by atoms with Gasteiger partial charge in [-0.25, -0.2) is 0 Å². The van der Waals surface area contributed by atoms with E-state index in [0.29, 0.717) is 17.3 Å². The Balaban J connectivity index is 1.12. The van der Waals surface area contributed by atoms with Gasteiger partial charge in [0.05, 0.1) is 0 Å². The highest BCUT2D eigenvalue weighted by molar-refractivity contribution is 5.69. The Hall–Kier alpha value is -0.790. The van der Waals surface area contributed by atoms with Crippen molar-refractivity contribution in [2.45, 2.75) is 228 Å². The van der Waals surface area contributed by atoms with Crippen LogP contribution in [0.25, 0.3) is 0 Å². The molecule has 3 saturated carbocycles. The van der Waals surface area contributed by atoms with E-state index >= 15 is 0 Å². The summed E-state index contributed by atoms with van der Waals surface area (Å²) in [5, 5.41) is 0. The van der Waals surface area contributed by atoms with Crippen molar-refractivity contribution in [1.82, 2.24) is 0 Å². The molecular formula is C47H84O2. The molecule has 2 nitrogen and oxygen atoms in total. The fraction of sp³-hybridized carbons (Fsp3) is 0.936. The van der Waals surface area contributed by atoms with Crippen LogP contribution < -0.4 is 0 Å². The average molecular weight is 681 g/mol. The van der Waals surface area contributed by atoms with Crippen LogP contribution in [-0.2, 0) is 9.53 Å². The summed E-state index contributed by atoms with van der Waals surface area (Å²) in [6.07, 6.45) is 38.3. The van der Waals surface area contributed by atoms with Gasteiger partial charge in [-0.1, -0.05) is 163 Å². The van der Waals surface area contributed by atoms with E-state index in [-0.39, 0.29) is 12.1 Å². The number of allylic oxidation sites excluding steroid dienone is 1. The van der Waals surface area contributed by atoms with Crippen molar-refractivity contribution < 1.29 is 9.53 Å². The SMILES string of the molecule is CCCCCCCCCCCCCCCCCC(=O)OC1CCC2(C)C(=CCC3C2CCC2(C)C(C(C)CC[C@@H](CC)C(C)C)CCC32)C1. The second-order valence-electron chi connectivity index (χ2n) is 19.0. The number of fused-ring (bicyclic) bond motifs is 5. The van der Waals surface area contributed by atoms with Gasteiger partial charge in [0.1, 0.15) is 6.10 Å². The minimum Gasteiger partial charge on any atom is -0.462 e. The summed E-state index contributed by atoms with van der Waals surface area (Å²) in [5.41, 5.74) is 2.52. The molecule has 0 radical (unpaired) electrons. The zero-order valence-corrected chi connectivity index (χ0v) is 34.1.